The maximum atomic E-state index is 13.8. The van der Waals surface area contributed by atoms with Crippen LogP contribution in [0.1, 0.15) is 12.8 Å². The van der Waals surface area contributed by atoms with Crippen LogP contribution in [-0.4, -0.2) is 31.2 Å². The number of hydrogen-bond donors (Lipinski definition) is 1. The predicted molar refractivity (Wildman–Crippen MR) is 66.0 cm³/mol. The fourth-order valence-electron chi connectivity index (χ4n) is 2.90. The number of rotatable bonds is 1. The van der Waals surface area contributed by atoms with E-state index >= 15 is 0 Å². The molecule has 3 rings (SSSR count). The van der Waals surface area contributed by atoms with Crippen LogP contribution >= 0.6 is 11.6 Å². The van der Waals surface area contributed by atoms with E-state index in [1.54, 1.807) is 0 Å². The highest BCUT2D eigenvalue weighted by atomic mass is 35.5. The first kappa shape index (κ1) is 11.2. The number of pyridine rings is 1. The Kier molecular flexibility index (Phi) is 2.71. The predicted octanol–water partition coefficient (Wildman–Crippen LogP) is 2.06. The zero-order valence-corrected chi connectivity index (χ0v) is 10.3. The normalized spacial score (nSPS) is 28.2. The molecule has 2 aliphatic heterocycles. The lowest BCUT2D eigenvalue weighted by atomic mass is 9.87. The van der Waals surface area contributed by atoms with Gasteiger partial charge in [-0.15, -0.1) is 0 Å². The number of nitrogens with one attached hydrogen (secondary N) is 1. The second-order valence-electron chi connectivity index (χ2n) is 5.06. The summed E-state index contributed by atoms with van der Waals surface area (Å²) in [6.07, 6.45) is 3.81. The van der Waals surface area contributed by atoms with Crippen LogP contribution in [0.5, 0.6) is 0 Å². The molecule has 1 unspecified atom stereocenters. The minimum atomic E-state index is -0.319. The summed E-state index contributed by atoms with van der Waals surface area (Å²) in [5.41, 5.74) is 0.327. The van der Waals surface area contributed by atoms with E-state index in [2.05, 4.69) is 10.3 Å². The molecule has 92 valence electrons. The van der Waals surface area contributed by atoms with Crippen molar-refractivity contribution in [2.45, 2.75) is 12.8 Å². The monoisotopic (exact) mass is 255 g/mol. The van der Waals surface area contributed by atoms with Crippen LogP contribution < -0.4 is 10.2 Å². The van der Waals surface area contributed by atoms with Gasteiger partial charge in [0.1, 0.15) is 0 Å². The third kappa shape index (κ3) is 2.00. The van der Waals surface area contributed by atoms with Crippen LogP contribution in [0.25, 0.3) is 0 Å². The first-order valence-corrected chi connectivity index (χ1v) is 6.33. The molecule has 5 heteroatoms. The molecular formula is C12H15ClFN3. The van der Waals surface area contributed by atoms with E-state index in [9.17, 15) is 4.39 Å². The van der Waals surface area contributed by atoms with Gasteiger partial charge in [-0.05, 0) is 25.5 Å². The Bertz CT molecular complexity index is 432. The summed E-state index contributed by atoms with van der Waals surface area (Å²) in [4.78, 5) is 6.15. The summed E-state index contributed by atoms with van der Waals surface area (Å²) in [6.45, 7) is 3.89. The van der Waals surface area contributed by atoms with Crippen molar-refractivity contribution in [1.29, 1.82) is 0 Å². The fraction of sp³-hybridized carbons (Fsp3) is 0.583. The smallest absolute Gasteiger partial charge is 0.167 e. The minimum absolute atomic E-state index is 0.319. The first-order valence-electron chi connectivity index (χ1n) is 5.95. The lowest BCUT2D eigenvalue weighted by Gasteiger charge is -2.23. The molecule has 0 saturated carbocycles. The maximum Gasteiger partial charge on any atom is 0.167 e. The van der Waals surface area contributed by atoms with Gasteiger partial charge < -0.3 is 10.2 Å². The molecule has 17 heavy (non-hydrogen) atoms. The molecule has 2 aliphatic rings. The topological polar surface area (TPSA) is 28.2 Å². The van der Waals surface area contributed by atoms with Crippen LogP contribution in [-0.2, 0) is 0 Å². The van der Waals surface area contributed by atoms with Crippen molar-refractivity contribution >= 4 is 17.4 Å². The molecule has 0 aliphatic carbocycles. The summed E-state index contributed by atoms with van der Waals surface area (Å²) in [6, 6.07) is 1.34. The third-order valence-corrected chi connectivity index (χ3v) is 4.07. The highest BCUT2D eigenvalue weighted by molar-refractivity contribution is 6.30. The summed E-state index contributed by atoms with van der Waals surface area (Å²) in [5, 5.41) is 3.74. The van der Waals surface area contributed by atoms with Gasteiger partial charge in [-0.3, -0.25) is 0 Å². The average Bonchev–Trinajstić information content (AvgIpc) is 2.90. The van der Waals surface area contributed by atoms with Crippen molar-refractivity contribution in [1.82, 2.24) is 10.3 Å². The number of nitrogens with zero attached hydrogens (tertiary/aromatic N) is 2. The molecule has 2 saturated heterocycles. The van der Waals surface area contributed by atoms with Crippen molar-refractivity contribution in [3.05, 3.63) is 23.1 Å². The lowest BCUT2D eigenvalue weighted by Crippen LogP contribution is -2.29. The van der Waals surface area contributed by atoms with Crippen molar-refractivity contribution < 1.29 is 4.39 Å². The quantitative estimate of drug-likeness (QED) is 0.833. The summed E-state index contributed by atoms with van der Waals surface area (Å²) < 4.78 is 13.8. The van der Waals surface area contributed by atoms with Gasteiger partial charge in [-0.2, -0.15) is 0 Å². The summed E-state index contributed by atoms with van der Waals surface area (Å²) in [5.74, 6) is 0.124. The fourth-order valence-corrected chi connectivity index (χ4v) is 3.04. The molecule has 3 heterocycles. The molecule has 0 bridgehead atoms. The second-order valence-corrected chi connectivity index (χ2v) is 5.49. The SMILES string of the molecule is Fc1cc(Cl)cnc1N1CCC2(CCNC2)C1. The van der Waals surface area contributed by atoms with E-state index in [4.69, 9.17) is 11.6 Å². The largest absolute Gasteiger partial charge is 0.354 e. The first-order chi connectivity index (χ1) is 8.19. The van der Waals surface area contributed by atoms with Crippen molar-refractivity contribution in [3.63, 3.8) is 0 Å². The minimum Gasteiger partial charge on any atom is -0.354 e. The zero-order chi connectivity index (χ0) is 11.9. The average molecular weight is 256 g/mol. The van der Waals surface area contributed by atoms with E-state index < -0.39 is 0 Å². The Morgan fingerprint density at radius 3 is 3.06 bits per heavy atom. The number of aromatic nitrogens is 1. The maximum absolute atomic E-state index is 13.8. The van der Waals surface area contributed by atoms with Crippen LogP contribution in [0.3, 0.4) is 0 Å². The summed E-state index contributed by atoms with van der Waals surface area (Å²) >= 11 is 5.71. The Hall–Kier alpha value is -0.870. The molecule has 1 atom stereocenters. The van der Waals surface area contributed by atoms with E-state index in [0.717, 1.165) is 32.6 Å². The molecule has 0 amide bonds. The van der Waals surface area contributed by atoms with Crippen LogP contribution in [0.2, 0.25) is 5.02 Å². The van der Waals surface area contributed by atoms with Crippen molar-refractivity contribution in [2.24, 2.45) is 5.41 Å². The molecule has 1 aromatic rings. The molecule has 0 radical (unpaired) electrons. The van der Waals surface area contributed by atoms with Gasteiger partial charge in [0.05, 0.1) is 5.02 Å². The molecule has 3 nitrogen and oxygen atoms in total. The highest BCUT2D eigenvalue weighted by Gasteiger charge is 2.41. The van der Waals surface area contributed by atoms with Crippen molar-refractivity contribution in [2.75, 3.05) is 31.1 Å². The van der Waals surface area contributed by atoms with Gasteiger partial charge in [0.15, 0.2) is 11.6 Å². The molecule has 1 N–H and O–H groups in total. The highest BCUT2D eigenvalue weighted by Crippen LogP contribution is 2.38. The third-order valence-electron chi connectivity index (χ3n) is 3.86. The number of hydrogen-bond acceptors (Lipinski definition) is 3. The van der Waals surface area contributed by atoms with Crippen LogP contribution in [0.4, 0.5) is 10.2 Å². The lowest BCUT2D eigenvalue weighted by molar-refractivity contribution is 0.369. The Morgan fingerprint density at radius 1 is 1.47 bits per heavy atom. The Balaban J connectivity index is 1.82. The molecule has 1 spiro atoms. The van der Waals surface area contributed by atoms with Gasteiger partial charge in [-0.25, -0.2) is 9.37 Å². The van der Waals surface area contributed by atoms with Crippen LogP contribution in [0.15, 0.2) is 12.3 Å². The Morgan fingerprint density at radius 2 is 2.35 bits per heavy atom. The molecule has 1 aromatic heterocycles. The van der Waals surface area contributed by atoms with Crippen LogP contribution in [0, 0.1) is 11.2 Å². The zero-order valence-electron chi connectivity index (χ0n) is 9.55. The van der Waals surface area contributed by atoms with Gasteiger partial charge in [-0.1, -0.05) is 11.6 Å². The van der Waals surface area contributed by atoms with E-state index in [1.165, 1.54) is 18.7 Å². The van der Waals surface area contributed by atoms with Gasteiger partial charge in [0.2, 0.25) is 0 Å². The molecular weight excluding hydrogens is 241 g/mol. The number of anilines is 1. The van der Waals surface area contributed by atoms with Crippen molar-refractivity contribution in [3.8, 4) is 0 Å². The van der Waals surface area contributed by atoms with Gasteiger partial charge in [0.25, 0.3) is 0 Å². The standard InChI is InChI=1S/C12H15ClFN3/c13-9-5-10(14)11(16-6-9)17-4-2-12(8-17)1-3-15-7-12/h5-6,15H,1-4,7-8H2. The van der Waals surface area contributed by atoms with E-state index in [0.29, 0.717) is 16.3 Å². The van der Waals surface area contributed by atoms with E-state index in [1.807, 2.05) is 4.90 Å². The summed E-state index contributed by atoms with van der Waals surface area (Å²) in [7, 11) is 0. The molecule has 2 fully saturated rings. The van der Waals surface area contributed by atoms with Gasteiger partial charge >= 0.3 is 0 Å². The number of halogens is 2. The van der Waals surface area contributed by atoms with Gasteiger partial charge in [0, 0.05) is 31.2 Å². The van der Waals surface area contributed by atoms with E-state index in [-0.39, 0.29) is 5.82 Å². The molecule has 0 aromatic carbocycles. The second kappa shape index (κ2) is 4.10. The Labute approximate surface area is 105 Å².